The van der Waals surface area contributed by atoms with E-state index in [9.17, 15) is 4.39 Å². The molecule has 0 aliphatic carbocycles. The summed E-state index contributed by atoms with van der Waals surface area (Å²) >= 11 is 3.13. The average Bonchev–Trinajstić information content (AvgIpc) is 2.32. The maximum Gasteiger partial charge on any atom is 0.138 e. The first-order valence-corrected chi connectivity index (χ1v) is 4.67. The summed E-state index contributed by atoms with van der Waals surface area (Å²) < 4.78 is 15.4. The first-order chi connectivity index (χ1) is 6.09. The zero-order chi connectivity index (χ0) is 9.59. The van der Waals surface area contributed by atoms with Crippen LogP contribution >= 0.6 is 15.9 Å². The molecule has 4 heteroatoms. The molecular formula is C9H8BrFN2. The van der Waals surface area contributed by atoms with Gasteiger partial charge in [-0.1, -0.05) is 0 Å². The fourth-order valence-corrected chi connectivity index (χ4v) is 1.65. The monoisotopic (exact) mass is 242 g/mol. The summed E-state index contributed by atoms with van der Waals surface area (Å²) in [5.74, 6) is -0.247. The maximum atomic E-state index is 13.2. The summed E-state index contributed by atoms with van der Waals surface area (Å²) in [4.78, 5) is 0. The van der Waals surface area contributed by atoms with Crippen molar-refractivity contribution in [2.45, 2.75) is 6.92 Å². The molecule has 0 spiro atoms. The summed E-state index contributed by atoms with van der Waals surface area (Å²) in [5.41, 5.74) is 1.79. The molecule has 0 N–H and O–H groups in total. The molecule has 0 atom stereocenters. The largest absolute Gasteiger partial charge is 0.272 e. The molecule has 1 heterocycles. The number of hydrogen-bond acceptors (Lipinski definition) is 1. The molecule has 0 amide bonds. The van der Waals surface area contributed by atoms with Crippen LogP contribution in [0.25, 0.3) is 10.9 Å². The number of fused-ring (bicyclic) bond motifs is 1. The van der Waals surface area contributed by atoms with Gasteiger partial charge in [0.25, 0.3) is 0 Å². The summed E-state index contributed by atoms with van der Waals surface area (Å²) in [6, 6.07) is 3.19. The Morgan fingerprint density at radius 3 is 2.85 bits per heavy atom. The number of halogens is 2. The molecule has 68 valence electrons. The normalized spacial score (nSPS) is 11.1. The minimum absolute atomic E-state index is 0.247. The number of hydrogen-bond donors (Lipinski definition) is 0. The minimum Gasteiger partial charge on any atom is -0.272 e. The molecule has 0 saturated carbocycles. The second kappa shape index (κ2) is 2.80. The lowest BCUT2D eigenvalue weighted by molar-refractivity contribution is 0.623. The first kappa shape index (κ1) is 8.69. The van der Waals surface area contributed by atoms with Crippen LogP contribution in [-0.2, 0) is 7.05 Å². The molecule has 0 saturated heterocycles. The number of rotatable bonds is 0. The lowest BCUT2D eigenvalue weighted by Gasteiger charge is -1.94. The molecule has 0 unspecified atom stereocenters. The Bertz CT molecular complexity index is 476. The molecule has 0 fully saturated rings. The molecule has 0 radical (unpaired) electrons. The fraction of sp³-hybridized carbons (Fsp3) is 0.222. The second-order valence-electron chi connectivity index (χ2n) is 2.99. The van der Waals surface area contributed by atoms with E-state index in [0.717, 1.165) is 16.6 Å². The number of aromatic nitrogens is 2. The molecule has 1 aromatic carbocycles. The highest BCUT2D eigenvalue weighted by molar-refractivity contribution is 9.10. The van der Waals surface area contributed by atoms with Gasteiger partial charge in [-0.3, -0.25) is 4.68 Å². The summed E-state index contributed by atoms with van der Waals surface area (Å²) in [6.45, 7) is 1.92. The summed E-state index contributed by atoms with van der Waals surface area (Å²) in [6.07, 6.45) is 0. The Morgan fingerprint density at radius 2 is 2.15 bits per heavy atom. The Hall–Kier alpha value is -0.900. The number of benzene rings is 1. The predicted octanol–water partition coefficient (Wildman–Crippen LogP) is 2.78. The van der Waals surface area contributed by atoms with Crippen LogP contribution in [0.5, 0.6) is 0 Å². The van der Waals surface area contributed by atoms with Crippen molar-refractivity contribution in [1.82, 2.24) is 9.78 Å². The molecule has 1 aromatic heterocycles. The smallest absolute Gasteiger partial charge is 0.138 e. The van der Waals surface area contributed by atoms with Gasteiger partial charge in [-0.15, -0.1) is 0 Å². The highest BCUT2D eigenvalue weighted by Crippen LogP contribution is 2.24. The van der Waals surface area contributed by atoms with Crippen molar-refractivity contribution in [3.8, 4) is 0 Å². The summed E-state index contributed by atoms with van der Waals surface area (Å²) in [7, 11) is 1.85. The summed E-state index contributed by atoms with van der Waals surface area (Å²) in [5, 5.41) is 5.10. The van der Waals surface area contributed by atoms with Gasteiger partial charge in [-0.2, -0.15) is 5.10 Å². The van der Waals surface area contributed by atoms with Crippen molar-refractivity contribution in [3.63, 3.8) is 0 Å². The van der Waals surface area contributed by atoms with Crippen LogP contribution in [0.3, 0.4) is 0 Å². The maximum absolute atomic E-state index is 13.2. The van der Waals surface area contributed by atoms with Crippen LogP contribution in [0.1, 0.15) is 5.69 Å². The van der Waals surface area contributed by atoms with Gasteiger partial charge in [0.05, 0.1) is 9.99 Å². The van der Waals surface area contributed by atoms with Crippen LogP contribution in [0.4, 0.5) is 4.39 Å². The van der Waals surface area contributed by atoms with E-state index >= 15 is 0 Å². The number of aryl methyl sites for hydroxylation is 2. The third kappa shape index (κ3) is 1.25. The Labute approximate surface area is 83.5 Å². The quantitative estimate of drug-likeness (QED) is 0.695. The van der Waals surface area contributed by atoms with E-state index in [-0.39, 0.29) is 5.82 Å². The Kier molecular flexibility index (Phi) is 1.87. The van der Waals surface area contributed by atoms with E-state index in [1.807, 2.05) is 14.0 Å². The lowest BCUT2D eigenvalue weighted by atomic mass is 10.2. The van der Waals surface area contributed by atoms with Crippen LogP contribution < -0.4 is 0 Å². The van der Waals surface area contributed by atoms with E-state index < -0.39 is 0 Å². The molecule has 0 aliphatic heterocycles. The van der Waals surface area contributed by atoms with E-state index in [1.165, 1.54) is 6.07 Å². The molecule has 0 bridgehead atoms. The van der Waals surface area contributed by atoms with Crippen LogP contribution in [0, 0.1) is 12.7 Å². The van der Waals surface area contributed by atoms with Gasteiger partial charge in [0.15, 0.2) is 0 Å². The van der Waals surface area contributed by atoms with Gasteiger partial charge in [0.2, 0.25) is 0 Å². The van der Waals surface area contributed by atoms with Crippen molar-refractivity contribution in [2.24, 2.45) is 7.05 Å². The van der Waals surface area contributed by atoms with Gasteiger partial charge in [-0.25, -0.2) is 4.39 Å². The zero-order valence-corrected chi connectivity index (χ0v) is 8.89. The molecular weight excluding hydrogens is 235 g/mol. The Balaban J connectivity index is 2.89. The van der Waals surface area contributed by atoms with E-state index in [4.69, 9.17) is 0 Å². The molecule has 2 aromatic rings. The highest BCUT2D eigenvalue weighted by Gasteiger charge is 2.08. The van der Waals surface area contributed by atoms with Gasteiger partial charge in [-0.05, 0) is 35.0 Å². The van der Waals surface area contributed by atoms with Crippen LogP contribution in [0.2, 0.25) is 0 Å². The lowest BCUT2D eigenvalue weighted by Crippen LogP contribution is -1.91. The van der Waals surface area contributed by atoms with Crippen LogP contribution in [0.15, 0.2) is 16.6 Å². The van der Waals surface area contributed by atoms with Gasteiger partial charge in [0, 0.05) is 18.1 Å². The van der Waals surface area contributed by atoms with E-state index in [1.54, 1.807) is 10.7 Å². The molecule has 2 nitrogen and oxygen atoms in total. The van der Waals surface area contributed by atoms with Crippen molar-refractivity contribution in [3.05, 3.63) is 28.1 Å². The second-order valence-corrected chi connectivity index (χ2v) is 3.85. The van der Waals surface area contributed by atoms with Crippen molar-refractivity contribution in [2.75, 3.05) is 0 Å². The van der Waals surface area contributed by atoms with E-state index in [0.29, 0.717) is 4.47 Å². The van der Waals surface area contributed by atoms with Gasteiger partial charge in [0.1, 0.15) is 5.82 Å². The highest BCUT2D eigenvalue weighted by atomic mass is 79.9. The molecule has 2 rings (SSSR count). The van der Waals surface area contributed by atoms with Crippen LogP contribution in [-0.4, -0.2) is 9.78 Å². The first-order valence-electron chi connectivity index (χ1n) is 3.88. The third-order valence-electron chi connectivity index (χ3n) is 2.17. The topological polar surface area (TPSA) is 17.8 Å². The Morgan fingerprint density at radius 1 is 1.46 bits per heavy atom. The number of nitrogens with zero attached hydrogens (tertiary/aromatic N) is 2. The van der Waals surface area contributed by atoms with Gasteiger partial charge < -0.3 is 0 Å². The third-order valence-corrected chi connectivity index (χ3v) is 2.78. The SMILES string of the molecule is Cc1c2cc(F)c(Br)cc2nn1C. The van der Waals surface area contributed by atoms with Crippen molar-refractivity contribution >= 4 is 26.8 Å². The fourth-order valence-electron chi connectivity index (χ4n) is 1.32. The molecule has 0 aliphatic rings. The standard InChI is InChI=1S/C9H8BrFN2/c1-5-6-3-8(11)7(10)4-9(6)12-13(5)2/h3-4H,1-2H3. The average molecular weight is 243 g/mol. The predicted molar refractivity (Wildman–Crippen MR) is 53.1 cm³/mol. The molecule has 13 heavy (non-hydrogen) atoms. The zero-order valence-electron chi connectivity index (χ0n) is 7.31. The minimum atomic E-state index is -0.247. The van der Waals surface area contributed by atoms with Gasteiger partial charge >= 0.3 is 0 Å². The van der Waals surface area contributed by atoms with Crippen molar-refractivity contribution < 1.29 is 4.39 Å². The van der Waals surface area contributed by atoms with Crippen molar-refractivity contribution in [1.29, 1.82) is 0 Å². The van der Waals surface area contributed by atoms with E-state index in [2.05, 4.69) is 21.0 Å².